The SMILES string of the molecule is CCC(C)NC(=O)c1ccc(CBr)cc1. The molecule has 0 saturated carbocycles. The predicted molar refractivity (Wildman–Crippen MR) is 66.3 cm³/mol. The van der Waals surface area contributed by atoms with Gasteiger partial charge in [0.05, 0.1) is 0 Å². The Morgan fingerprint density at radius 2 is 2.00 bits per heavy atom. The number of carbonyl (C=O) groups is 1. The Morgan fingerprint density at radius 1 is 1.40 bits per heavy atom. The van der Waals surface area contributed by atoms with Gasteiger partial charge in [-0.15, -0.1) is 0 Å². The van der Waals surface area contributed by atoms with Crippen LogP contribution in [0.5, 0.6) is 0 Å². The first-order valence-electron chi connectivity index (χ1n) is 5.13. The Kier molecular flexibility index (Phi) is 4.82. The molecule has 0 saturated heterocycles. The molecule has 0 spiro atoms. The van der Waals surface area contributed by atoms with Crippen LogP contribution >= 0.6 is 15.9 Å². The van der Waals surface area contributed by atoms with Gasteiger partial charge in [-0.2, -0.15) is 0 Å². The lowest BCUT2D eigenvalue weighted by molar-refractivity contribution is 0.0939. The molecule has 1 atom stereocenters. The van der Waals surface area contributed by atoms with E-state index in [1.165, 1.54) is 5.56 Å². The average molecular weight is 270 g/mol. The predicted octanol–water partition coefficient (Wildman–Crippen LogP) is 3.11. The quantitative estimate of drug-likeness (QED) is 0.837. The fourth-order valence-corrected chi connectivity index (χ4v) is 1.53. The molecular weight excluding hydrogens is 254 g/mol. The normalized spacial score (nSPS) is 12.2. The lowest BCUT2D eigenvalue weighted by Gasteiger charge is -2.11. The fraction of sp³-hybridized carbons (Fsp3) is 0.417. The third-order valence-corrected chi connectivity index (χ3v) is 3.01. The number of benzene rings is 1. The van der Waals surface area contributed by atoms with Crippen molar-refractivity contribution in [1.82, 2.24) is 5.32 Å². The van der Waals surface area contributed by atoms with Crippen molar-refractivity contribution in [2.45, 2.75) is 31.6 Å². The van der Waals surface area contributed by atoms with Gasteiger partial charge in [0.25, 0.3) is 5.91 Å². The van der Waals surface area contributed by atoms with Gasteiger partial charge in [-0.1, -0.05) is 35.0 Å². The summed E-state index contributed by atoms with van der Waals surface area (Å²) in [4.78, 5) is 11.7. The molecule has 3 heteroatoms. The van der Waals surface area contributed by atoms with E-state index in [9.17, 15) is 4.79 Å². The Labute approximate surface area is 99.2 Å². The van der Waals surface area contributed by atoms with Crippen LogP contribution in [-0.2, 0) is 5.33 Å². The topological polar surface area (TPSA) is 29.1 Å². The number of hydrogen-bond acceptors (Lipinski definition) is 1. The van der Waals surface area contributed by atoms with E-state index in [0.717, 1.165) is 17.3 Å². The molecule has 0 radical (unpaired) electrons. The van der Waals surface area contributed by atoms with Crippen molar-refractivity contribution in [3.05, 3.63) is 35.4 Å². The van der Waals surface area contributed by atoms with Crippen molar-refractivity contribution < 1.29 is 4.79 Å². The molecule has 2 nitrogen and oxygen atoms in total. The molecule has 1 amide bonds. The minimum Gasteiger partial charge on any atom is -0.350 e. The first-order chi connectivity index (χ1) is 7.17. The number of hydrogen-bond donors (Lipinski definition) is 1. The third-order valence-electron chi connectivity index (χ3n) is 2.36. The summed E-state index contributed by atoms with van der Waals surface area (Å²) in [7, 11) is 0. The van der Waals surface area contributed by atoms with Crippen molar-refractivity contribution in [3.63, 3.8) is 0 Å². The minimum absolute atomic E-state index is 0.00507. The van der Waals surface area contributed by atoms with Crippen molar-refractivity contribution in [3.8, 4) is 0 Å². The lowest BCUT2D eigenvalue weighted by Crippen LogP contribution is -2.31. The maximum Gasteiger partial charge on any atom is 0.251 e. The van der Waals surface area contributed by atoms with Crippen LogP contribution in [0.3, 0.4) is 0 Å². The molecule has 82 valence electrons. The molecule has 1 rings (SSSR count). The molecule has 1 unspecified atom stereocenters. The number of nitrogens with one attached hydrogen (secondary N) is 1. The first-order valence-corrected chi connectivity index (χ1v) is 6.25. The van der Waals surface area contributed by atoms with Crippen LogP contribution in [0.15, 0.2) is 24.3 Å². The molecule has 1 aromatic rings. The average Bonchev–Trinajstić information content (AvgIpc) is 2.29. The van der Waals surface area contributed by atoms with Gasteiger partial charge in [0.2, 0.25) is 0 Å². The van der Waals surface area contributed by atoms with E-state index in [4.69, 9.17) is 0 Å². The van der Waals surface area contributed by atoms with Gasteiger partial charge in [0.15, 0.2) is 0 Å². The highest BCUT2D eigenvalue weighted by atomic mass is 79.9. The van der Waals surface area contributed by atoms with Crippen LogP contribution in [0.1, 0.15) is 36.2 Å². The van der Waals surface area contributed by atoms with Gasteiger partial charge in [-0.05, 0) is 31.0 Å². The van der Waals surface area contributed by atoms with Gasteiger partial charge in [-0.3, -0.25) is 4.79 Å². The second-order valence-corrected chi connectivity index (χ2v) is 4.17. The van der Waals surface area contributed by atoms with Crippen LogP contribution in [0.2, 0.25) is 0 Å². The summed E-state index contributed by atoms with van der Waals surface area (Å²) < 4.78 is 0. The molecule has 15 heavy (non-hydrogen) atoms. The summed E-state index contributed by atoms with van der Waals surface area (Å²) in [6, 6.07) is 7.86. The molecule has 0 aliphatic carbocycles. The highest BCUT2D eigenvalue weighted by molar-refractivity contribution is 9.08. The van der Waals surface area contributed by atoms with Crippen LogP contribution in [0.4, 0.5) is 0 Å². The van der Waals surface area contributed by atoms with Crippen LogP contribution in [0.25, 0.3) is 0 Å². The van der Waals surface area contributed by atoms with E-state index in [2.05, 4.69) is 28.2 Å². The zero-order valence-corrected chi connectivity index (χ0v) is 10.7. The maximum absolute atomic E-state index is 11.7. The van der Waals surface area contributed by atoms with Crippen molar-refractivity contribution in [2.75, 3.05) is 0 Å². The van der Waals surface area contributed by atoms with Crippen LogP contribution < -0.4 is 5.32 Å². The highest BCUT2D eigenvalue weighted by Gasteiger charge is 2.07. The second kappa shape index (κ2) is 5.91. The fourth-order valence-electron chi connectivity index (χ4n) is 1.15. The standard InChI is InChI=1S/C12H16BrNO/c1-3-9(2)14-12(15)11-6-4-10(8-13)5-7-11/h4-7,9H,3,8H2,1-2H3,(H,14,15). The maximum atomic E-state index is 11.7. The summed E-state index contributed by atoms with van der Waals surface area (Å²) in [6.07, 6.45) is 0.950. The van der Waals surface area contributed by atoms with E-state index in [1.54, 1.807) is 0 Å². The Hall–Kier alpha value is -0.830. The van der Waals surface area contributed by atoms with Crippen LogP contribution in [-0.4, -0.2) is 11.9 Å². The summed E-state index contributed by atoms with van der Waals surface area (Å²) >= 11 is 3.37. The Bertz CT molecular complexity index is 321. The number of alkyl halides is 1. The Morgan fingerprint density at radius 3 is 2.47 bits per heavy atom. The largest absolute Gasteiger partial charge is 0.350 e. The zero-order valence-electron chi connectivity index (χ0n) is 9.09. The third kappa shape index (κ3) is 3.67. The monoisotopic (exact) mass is 269 g/mol. The van der Waals surface area contributed by atoms with Gasteiger partial charge in [-0.25, -0.2) is 0 Å². The number of rotatable bonds is 4. The second-order valence-electron chi connectivity index (χ2n) is 3.61. The van der Waals surface area contributed by atoms with Crippen LogP contribution in [0, 0.1) is 0 Å². The summed E-state index contributed by atoms with van der Waals surface area (Å²) in [5, 5.41) is 3.75. The van der Waals surface area contributed by atoms with E-state index >= 15 is 0 Å². The van der Waals surface area contributed by atoms with E-state index < -0.39 is 0 Å². The van der Waals surface area contributed by atoms with Crippen molar-refractivity contribution in [2.24, 2.45) is 0 Å². The molecular formula is C12H16BrNO. The molecule has 0 aliphatic heterocycles. The highest BCUT2D eigenvalue weighted by Crippen LogP contribution is 2.08. The smallest absolute Gasteiger partial charge is 0.251 e. The molecule has 0 fully saturated rings. The van der Waals surface area contributed by atoms with Gasteiger partial charge < -0.3 is 5.32 Å². The molecule has 0 aliphatic rings. The van der Waals surface area contributed by atoms with E-state index in [0.29, 0.717) is 0 Å². The zero-order chi connectivity index (χ0) is 11.3. The van der Waals surface area contributed by atoms with Gasteiger partial charge >= 0.3 is 0 Å². The molecule has 0 heterocycles. The van der Waals surface area contributed by atoms with E-state index in [1.807, 2.05) is 31.2 Å². The van der Waals surface area contributed by atoms with Gasteiger partial charge in [0.1, 0.15) is 0 Å². The molecule has 0 bridgehead atoms. The number of carbonyl (C=O) groups excluding carboxylic acids is 1. The number of amides is 1. The van der Waals surface area contributed by atoms with Crippen molar-refractivity contribution >= 4 is 21.8 Å². The summed E-state index contributed by atoms with van der Waals surface area (Å²) in [5.41, 5.74) is 1.90. The van der Waals surface area contributed by atoms with Gasteiger partial charge in [0, 0.05) is 16.9 Å². The summed E-state index contributed by atoms with van der Waals surface area (Å²) in [5.74, 6) is 0.00507. The molecule has 0 aromatic heterocycles. The van der Waals surface area contributed by atoms with E-state index in [-0.39, 0.29) is 11.9 Å². The molecule has 1 aromatic carbocycles. The summed E-state index contributed by atoms with van der Waals surface area (Å²) in [6.45, 7) is 4.06. The Balaban J connectivity index is 2.66. The first kappa shape index (κ1) is 12.2. The number of halogens is 1. The lowest BCUT2D eigenvalue weighted by atomic mass is 10.1. The van der Waals surface area contributed by atoms with Crippen molar-refractivity contribution in [1.29, 1.82) is 0 Å². The minimum atomic E-state index is 0.00507. The molecule has 1 N–H and O–H groups in total.